The van der Waals surface area contributed by atoms with Crippen molar-refractivity contribution in [2.24, 2.45) is 4.99 Å². The van der Waals surface area contributed by atoms with E-state index in [0.29, 0.717) is 48.7 Å². The number of hydrogen-bond donors (Lipinski definition) is 2. The maximum atomic E-state index is 14.5. The molecule has 0 aromatic heterocycles. The van der Waals surface area contributed by atoms with Crippen LogP contribution in [0.2, 0.25) is 0 Å². The van der Waals surface area contributed by atoms with Crippen LogP contribution in [0.15, 0.2) is 113 Å². The summed E-state index contributed by atoms with van der Waals surface area (Å²) >= 11 is 0. The Morgan fingerprint density at radius 2 is 1.69 bits per heavy atom. The molecule has 4 aromatic rings. The van der Waals surface area contributed by atoms with Crippen molar-refractivity contribution in [3.05, 3.63) is 120 Å². The third-order valence-electron chi connectivity index (χ3n) is 8.23. The van der Waals surface area contributed by atoms with Crippen molar-refractivity contribution in [2.45, 2.75) is 42.7 Å². The van der Waals surface area contributed by atoms with Crippen molar-refractivity contribution in [1.82, 2.24) is 5.32 Å². The number of sulfone groups is 1. The van der Waals surface area contributed by atoms with Crippen LogP contribution in [-0.2, 0) is 25.8 Å². The Hall–Kier alpha value is -4.87. The number of amides is 1. The summed E-state index contributed by atoms with van der Waals surface area (Å²) in [6.07, 6.45) is -0.140. The first-order valence-electron chi connectivity index (χ1n) is 16.3. The molecule has 0 saturated heterocycles. The van der Waals surface area contributed by atoms with E-state index in [9.17, 15) is 13.2 Å². The maximum Gasteiger partial charge on any atom is 0.252 e. The highest BCUT2D eigenvalue weighted by Gasteiger charge is 2.53. The topological polar surface area (TPSA) is 133 Å². The van der Waals surface area contributed by atoms with Crippen LogP contribution in [0.4, 0.5) is 0 Å². The number of rotatable bonds is 17. The van der Waals surface area contributed by atoms with Gasteiger partial charge in [-0.25, -0.2) is 13.4 Å². The van der Waals surface area contributed by atoms with Crippen molar-refractivity contribution in [3.8, 4) is 17.2 Å². The number of aliphatic hydroxyl groups excluding tert-OH is 1. The van der Waals surface area contributed by atoms with Crippen LogP contribution in [0.25, 0.3) is 0 Å². The largest absolute Gasteiger partial charge is 0.497 e. The number of aliphatic hydroxyl groups is 1. The summed E-state index contributed by atoms with van der Waals surface area (Å²) < 4.78 is 50.7. The Balaban J connectivity index is 1.53. The monoisotopic (exact) mass is 686 g/mol. The van der Waals surface area contributed by atoms with Crippen molar-refractivity contribution >= 4 is 21.6 Å². The number of hydrogen-bond acceptors (Lipinski definition) is 9. The average Bonchev–Trinajstić information content (AvgIpc) is 3.53. The van der Waals surface area contributed by atoms with Gasteiger partial charge in [0.15, 0.2) is 21.5 Å². The quantitative estimate of drug-likeness (QED) is 0.143. The first-order chi connectivity index (χ1) is 23.8. The van der Waals surface area contributed by atoms with E-state index in [4.69, 9.17) is 29.0 Å². The molecule has 258 valence electrons. The van der Waals surface area contributed by atoms with Gasteiger partial charge in [0.05, 0.1) is 31.0 Å². The van der Waals surface area contributed by atoms with Gasteiger partial charge in [-0.1, -0.05) is 48.5 Å². The molecule has 0 fully saturated rings. The smallest absolute Gasteiger partial charge is 0.252 e. The Bertz CT molecular complexity index is 1830. The zero-order valence-corrected chi connectivity index (χ0v) is 28.5. The standard InChI is InChI=1S/C38H42N2O8S/c1-3-46-34-16-8-7-11-28(34)21-23-39-37(42)38(22-26-49(43,44)33-14-5-4-6-15-33)35(30-12-9-13-32(27-30)45-2)48-36(40-38)29-17-19-31(20-18-29)47-25-10-24-41/h4-9,11-20,27,35,41H,3,10,21-26H2,1-2H3,(H,39,42)/t35-,38-/m1/s1. The number of benzene rings is 4. The number of carbonyl (C=O) groups is 1. The predicted molar refractivity (Wildman–Crippen MR) is 187 cm³/mol. The summed E-state index contributed by atoms with van der Waals surface area (Å²) in [6, 6.07) is 30.0. The fraction of sp³-hybridized carbons (Fsp3) is 0.316. The second-order valence-electron chi connectivity index (χ2n) is 11.5. The number of ether oxygens (including phenoxy) is 4. The zero-order chi connectivity index (χ0) is 34.7. The van der Waals surface area contributed by atoms with Crippen LogP contribution in [0.3, 0.4) is 0 Å². The molecule has 0 bridgehead atoms. The second-order valence-corrected chi connectivity index (χ2v) is 13.6. The number of para-hydroxylation sites is 1. The summed E-state index contributed by atoms with van der Waals surface area (Å²) in [6.45, 7) is 3.07. The van der Waals surface area contributed by atoms with Gasteiger partial charge >= 0.3 is 0 Å². The van der Waals surface area contributed by atoms with Crippen molar-refractivity contribution in [3.63, 3.8) is 0 Å². The molecular formula is C38H42N2O8S. The lowest BCUT2D eigenvalue weighted by molar-refractivity contribution is -0.129. The number of carbonyl (C=O) groups excluding carboxylic acids is 1. The summed E-state index contributed by atoms with van der Waals surface area (Å²) in [5, 5.41) is 12.1. The molecular weight excluding hydrogens is 644 g/mol. The van der Waals surface area contributed by atoms with Crippen LogP contribution in [0.1, 0.15) is 42.6 Å². The van der Waals surface area contributed by atoms with Crippen LogP contribution in [0, 0.1) is 0 Å². The van der Waals surface area contributed by atoms with Gasteiger partial charge in [-0.15, -0.1) is 0 Å². The molecule has 1 aliphatic heterocycles. The molecule has 11 heteroatoms. The molecule has 1 amide bonds. The number of nitrogens with zero attached hydrogens (tertiary/aromatic N) is 1. The fourth-order valence-corrected chi connectivity index (χ4v) is 7.07. The fourth-order valence-electron chi connectivity index (χ4n) is 5.68. The summed E-state index contributed by atoms with van der Waals surface area (Å²) in [4.78, 5) is 19.7. The molecule has 0 radical (unpaired) electrons. The molecule has 0 aliphatic carbocycles. The molecule has 5 rings (SSSR count). The molecule has 1 aliphatic rings. The lowest BCUT2D eigenvalue weighted by Crippen LogP contribution is -2.49. The first kappa shape index (κ1) is 35.4. The number of nitrogens with one attached hydrogen (secondary N) is 1. The van der Waals surface area contributed by atoms with Gasteiger partial charge in [-0.2, -0.15) is 0 Å². The van der Waals surface area contributed by atoms with Gasteiger partial charge < -0.3 is 29.4 Å². The van der Waals surface area contributed by atoms with Gasteiger partial charge in [0.25, 0.3) is 5.91 Å². The average molecular weight is 687 g/mol. The summed E-state index contributed by atoms with van der Waals surface area (Å²) in [5.41, 5.74) is 0.478. The van der Waals surface area contributed by atoms with E-state index in [1.54, 1.807) is 79.9 Å². The minimum absolute atomic E-state index is 0.0254. The third-order valence-corrected chi connectivity index (χ3v) is 9.97. The molecule has 2 N–H and O–H groups in total. The lowest BCUT2D eigenvalue weighted by Gasteiger charge is -2.31. The van der Waals surface area contributed by atoms with E-state index < -0.39 is 27.4 Å². The highest BCUT2D eigenvalue weighted by Crippen LogP contribution is 2.44. The van der Waals surface area contributed by atoms with E-state index in [0.717, 1.165) is 11.3 Å². The van der Waals surface area contributed by atoms with Crippen LogP contribution in [0.5, 0.6) is 17.2 Å². The second kappa shape index (κ2) is 16.5. The lowest BCUT2D eigenvalue weighted by atomic mass is 9.85. The van der Waals surface area contributed by atoms with E-state index in [1.807, 2.05) is 37.3 Å². The molecule has 10 nitrogen and oxygen atoms in total. The highest BCUT2D eigenvalue weighted by atomic mass is 32.2. The third kappa shape index (κ3) is 8.60. The number of aliphatic imine (C=N–C) groups is 1. The predicted octanol–water partition coefficient (Wildman–Crippen LogP) is 5.33. The Kier molecular flexibility index (Phi) is 11.9. The Morgan fingerprint density at radius 3 is 2.43 bits per heavy atom. The van der Waals surface area contributed by atoms with Gasteiger partial charge in [-0.3, -0.25) is 4.79 Å². The molecule has 0 saturated carbocycles. The van der Waals surface area contributed by atoms with Gasteiger partial charge in [0.1, 0.15) is 17.2 Å². The number of methoxy groups -OCH3 is 1. The van der Waals surface area contributed by atoms with Crippen molar-refractivity contribution in [2.75, 3.05) is 39.2 Å². The van der Waals surface area contributed by atoms with Gasteiger partial charge in [0, 0.05) is 31.6 Å². The summed E-state index contributed by atoms with van der Waals surface area (Å²) in [7, 11) is -2.24. The summed E-state index contributed by atoms with van der Waals surface area (Å²) in [5.74, 6) is 1.28. The Morgan fingerprint density at radius 1 is 0.939 bits per heavy atom. The minimum Gasteiger partial charge on any atom is -0.497 e. The van der Waals surface area contributed by atoms with Crippen LogP contribution >= 0.6 is 0 Å². The van der Waals surface area contributed by atoms with E-state index in [-0.39, 0.29) is 36.1 Å². The van der Waals surface area contributed by atoms with Crippen molar-refractivity contribution < 1.29 is 37.3 Å². The zero-order valence-electron chi connectivity index (χ0n) is 27.7. The minimum atomic E-state index is -3.79. The van der Waals surface area contributed by atoms with Gasteiger partial charge in [-0.05, 0) is 79.1 Å². The molecule has 49 heavy (non-hydrogen) atoms. The maximum absolute atomic E-state index is 14.5. The molecule has 2 atom stereocenters. The van der Waals surface area contributed by atoms with E-state index in [2.05, 4.69) is 5.32 Å². The molecule has 0 unspecified atom stereocenters. The first-order valence-corrected chi connectivity index (χ1v) is 18.0. The molecule has 1 heterocycles. The SMILES string of the molecule is CCOc1ccccc1CCNC(=O)[C@]1(CCS(=O)(=O)c2ccccc2)N=C(c2ccc(OCCCO)cc2)O[C@@H]1c1cccc(OC)c1. The van der Waals surface area contributed by atoms with Crippen molar-refractivity contribution in [1.29, 1.82) is 0 Å². The van der Waals surface area contributed by atoms with Crippen LogP contribution < -0.4 is 19.5 Å². The van der Waals surface area contributed by atoms with E-state index in [1.165, 1.54) is 0 Å². The van der Waals surface area contributed by atoms with E-state index >= 15 is 0 Å². The van der Waals surface area contributed by atoms with Gasteiger partial charge in [0.2, 0.25) is 5.90 Å². The van der Waals surface area contributed by atoms with Crippen LogP contribution in [-0.4, -0.2) is 70.1 Å². The molecule has 4 aromatic carbocycles. The normalized spacial score (nSPS) is 17.1. The Labute approximate surface area is 287 Å². The molecule has 0 spiro atoms. The highest BCUT2D eigenvalue weighted by molar-refractivity contribution is 7.91.